The molecule has 5 rings (SSSR count). The maximum Gasteiger partial charge on any atom is 0.417 e. The van der Waals surface area contributed by atoms with Gasteiger partial charge >= 0.3 is 6.09 Å². The minimum atomic E-state index is -0.589. The molecule has 3 aromatic carbocycles. The lowest BCUT2D eigenvalue weighted by atomic mass is 10.2. The molecule has 2 heterocycles. The zero-order chi connectivity index (χ0) is 21.5. The lowest BCUT2D eigenvalue weighted by Gasteiger charge is -2.06. The number of benzene rings is 3. The van der Waals surface area contributed by atoms with Crippen LogP contribution in [0.5, 0.6) is 5.75 Å². The summed E-state index contributed by atoms with van der Waals surface area (Å²) in [5.41, 5.74) is 3.55. The molecular formula is C22H14Cl2N4O2S. The van der Waals surface area contributed by atoms with Crippen molar-refractivity contribution < 1.29 is 9.53 Å². The highest BCUT2D eigenvalue weighted by Crippen LogP contribution is 2.34. The number of aryl methyl sites for hydroxylation is 1. The number of aromatic amines is 1. The van der Waals surface area contributed by atoms with Crippen LogP contribution < -0.4 is 10.1 Å². The van der Waals surface area contributed by atoms with Gasteiger partial charge in [-0.05, 0) is 49.4 Å². The fourth-order valence-electron chi connectivity index (χ4n) is 3.26. The summed E-state index contributed by atoms with van der Waals surface area (Å²) in [4.78, 5) is 24.5. The second kappa shape index (κ2) is 7.85. The van der Waals surface area contributed by atoms with Gasteiger partial charge in [0.05, 0.1) is 41.9 Å². The maximum absolute atomic E-state index is 12.4. The van der Waals surface area contributed by atoms with Crippen LogP contribution in [0.25, 0.3) is 32.6 Å². The van der Waals surface area contributed by atoms with Crippen LogP contribution in [0, 0.1) is 6.92 Å². The van der Waals surface area contributed by atoms with Crippen molar-refractivity contribution in [3.8, 4) is 17.1 Å². The third kappa shape index (κ3) is 3.95. The van der Waals surface area contributed by atoms with Gasteiger partial charge in [-0.2, -0.15) is 0 Å². The highest BCUT2D eigenvalue weighted by molar-refractivity contribution is 7.18. The molecule has 6 nitrogen and oxygen atoms in total. The molecule has 0 radical (unpaired) electrons. The van der Waals surface area contributed by atoms with E-state index in [-0.39, 0.29) is 0 Å². The number of H-pyrrole nitrogens is 1. The van der Waals surface area contributed by atoms with Crippen LogP contribution in [-0.2, 0) is 0 Å². The number of hydrogen-bond acceptors (Lipinski definition) is 5. The molecule has 9 heteroatoms. The highest BCUT2D eigenvalue weighted by Gasteiger charge is 2.14. The summed E-state index contributed by atoms with van der Waals surface area (Å²) < 4.78 is 6.44. The molecular weight excluding hydrogens is 455 g/mol. The summed E-state index contributed by atoms with van der Waals surface area (Å²) in [6.07, 6.45) is -0.589. The zero-order valence-corrected chi connectivity index (χ0v) is 18.4. The number of rotatable bonds is 3. The number of aromatic nitrogens is 3. The molecule has 1 amide bonds. The zero-order valence-electron chi connectivity index (χ0n) is 16.1. The number of amides is 1. The topological polar surface area (TPSA) is 79.9 Å². The van der Waals surface area contributed by atoms with E-state index in [0.717, 1.165) is 15.2 Å². The van der Waals surface area contributed by atoms with E-state index in [4.69, 9.17) is 27.9 Å². The maximum atomic E-state index is 12.4. The van der Waals surface area contributed by atoms with Crippen molar-refractivity contribution in [3.63, 3.8) is 0 Å². The SMILES string of the molecule is Cc1nc2ccc(NC(=O)Oc3ccc4nc(-c5c(Cl)cccc5Cl)[nH]c4c3)cc2s1. The molecule has 0 bridgehead atoms. The Bertz CT molecular complexity index is 1440. The molecule has 0 aliphatic rings. The lowest BCUT2D eigenvalue weighted by Crippen LogP contribution is -2.16. The average Bonchev–Trinajstić information content (AvgIpc) is 3.29. The molecule has 0 saturated heterocycles. The Labute approximate surface area is 190 Å². The fourth-order valence-corrected chi connectivity index (χ4v) is 4.71. The average molecular weight is 469 g/mol. The highest BCUT2D eigenvalue weighted by atomic mass is 35.5. The second-order valence-electron chi connectivity index (χ2n) is 6.79. The quantitative estimate of drug-likeness (QED) is 0.296. The number of anilines is 1. The van der Waals surface area contributed by atoms with Crippen molar-refractivity contribution in [3.05, 3.63) is 69.7 Å². The van der Waals surface area contributed by atoms with Gasteiger partial charge in [-0.15, -0.1) is 11.3 Å². The van der Waals surface area contributed by atoms with Gasteiger partial charge < -0.3 is 9.72 Å². The predicted molar refractivity (Wildman–Crippen MR) is 126 cm³/mol. The van der Waals surface area contributed by atoms with Gasteiger partial charge in [0.25, 0.3) is 0 Å². The Morgan fingerprint density at radius 2 is 1.81 bits per heavy atom. The van der Waals surface area contributed by atoms with E-state index in [0.29, 0.717) is 43.9 Å². The molecule has 5 aromatic rings. The normalized spacial score (nSPS) is 11.2. The third-order valence-corrected chi connectivity index (χ3v) is 6.17. The number of halogens is 2. The molecule has 31 heavy (non-hydrogen) atoms. The van der Waals surface area contributed by atoms with Crippen molar-refractivity contribution in [2.75, 3.05) is 5.32 Å². The van der Waals surface area contributed by atoms with Crippen LogP contribution in [0.3, 0.4) is 0 Å². The Kier molecular flexibility index (Phi) is 5.02. The van der Waals surface area contributed by atoms with Gasteiger partial charge in [0.15, 0.2) is 0 Å². The molecule has 0 spiro atoms. The minimum Gasteiger partial charge on any atom is -0.410 e. The number of hydrogen-bond donors (Lipinski definition) is 2. The predicted octanol–water partition coefficient (Wildman–Crippen LogP) is 7.07. The number of thiazole rings is 1. The van der Waals surface area contributed by atoms with Crippen molar-refractivity contribution in [2.24, 2.45) is 0 Å². The van der Waals surface area contributed by atoms with Gasteiger partial charge in [0.2, 0.25) is 0 Å². The summed E-state index contributed by atoms with van der Waals surface area (Å²) in [5, 5.41) is 4.71. The summed E-state index contributed by atoms with van der Waals surface area (Å²) in [5.74, 6) is 0.917. The number of carbonyl (C=O) groups excluding carboxylic acids is 1. The van der Waals surface area contributed by atoms with Crippen molar-refractivity contribution >= 4 is 67.6 Å². The fraction of sp³-hybridized carbons (Fsp3) is 0.0455. The first-order chi connectivity index (χ1) is 15.0. The van der Waals surface area contributed by atoms with Crippen LogP contribution in [0.4, 0.5) is 10.5 Å². The van der Waals surface area contributed by atoms with Crippen LogP contribution in [0.15, 0.2) is 54.6 Å². The summed E-state index contributed by atoms with van der Waals surface area (Å²) >= 11 is 14.1. The van der Waals surface area contributed by atoms with Crippen LogP contribution in [0.1, 0.15) is 5.01 Å². The number of fused-ring (bicyclic) bond motifs is 2. The Hall–Kier alpha value is -3.13. The molecule has 2 aromatic heterocycles. The summed E-state index contributed by atoms with van der Waals surface area (Å²) in [6.45, 7) is 1.95. The van der Waals surface area contributed by atoms with Crippen molar-refractivity contribution in [2.45, 2.75) is 6.92 Å². The Morgan fingerprint density at radius 1 is 1.03 bits per heavy atom. The first kappa shape index (κ1) is 19.8. The smallest absolute Gasteiger partial charge is 0.410 e. The molecule has 0 fully saturated rings. The van der Waals surface area contributed by atoms with Gasteiger partial charge in [0.1, 0.15) is 11.6 Å². The number of ether oxygens (including phenoxy) is 1. The Balaban J connectivity index is 1.36. The van der Waals surface area contributed by atoms with E-state index in [1.165, 1.54) is 0 Å². The van der Waals surface area contributed by atoms with E-state index in [1.807, 2.05) is 19.1 Å². The lowest BCUT2D eigenvalue weighted by molar-refractivity contribution is 0.215. The third-order valence-electron chi connectivity index (χ3n) is 4.61. The number of carbonyl (C=O) groups is 1. The standard InChI is InChI=1S/C22H14Cl2N4O2S/c1-11-25-17-7-5-12(9-19(17)31-11)26-22(29)30-13-6-8-16-18(10-13)28-21(27-16)20-14(23)3-2-4-15(20)24/h2-10H,1H3,(H,26,29)(H,27,28). The molecule has 0 saturated carbocycles. The number of imidazole rings is 1. The number of nitrogens with zero attached hydrogens (tertiary/aromatic N) is 2. The first-order valence-corrected chi connectivity index (χ1v) is 10.8. The molecule has 0 unspecified atom stereocenters. The minimum absolute atomic E-state index is 0.375. The van der Waals surface area contributed by atoms with Crippen LogP contribution in [0.2, 0.25) is 10.0 Å². The van der Waals surface area contributed by atoms with Gasteiger partial charge in [-0.1, -0.05) is 29.3 Å². The monoisotopic (exact) mass is 468 g/mol. The van der Waals surface area contributed by atoms with Gasteiger partial charge in [-0.3, -0.25) is 5.32 Å². The molecule has 154 valence electrons. The van der Waals surface area contributed by atoms with Crippen molar-refractivity contribution in [1.29, 1.82) is 0 Å². The van der Waals surface area contributed by atoms with E-state index in [2.05, 4.69) is 20.3 Å². The summed E-state index contributed by atoms with van der Waals surface area (Å²) in [7, 11) is 0. The molecule has 0 aliphatic carbocycles. The Morgan fingerprint density at radius 3 is 2.61 bits per heavy atom. The van der Waals surface area contributed by atoms with E-state index in [9.17, 15) is 4.79 Å². The van der Waals surface area contributed by atoms with E-state index >= 15 is 0 Å². The van der Waals surface area contributed by atoms with Gasteiger partial charge in [0, 0.05) is 11.8 Å². The van der Waals surface area contributed by atoms with Crippen LogP contribution >= 0.6 is 34.5 Å². The van der Waals surface area contributed by atoms with E-state index in [1.54, 1.807) is 53.8 Å². The van der Waals surface area contributed by atoms with Gasteiger partial charge in [-0.25, -0.2) is 14.8 Å². The number of nitrogens with one attached hydrogen (secondary N) is 2. The largest absolute Gasteiger partial charge is 0.417 e. The van der Waals surface area contributed by atoms with E-state index < -0.39 is 6.09 Å². The first-order valence-electron chi connectivity index (χ1n) is 9.26. The molecule has 2 N–H and O–H groups in total. The van der Waals surface area contributed by atoms with Crippen molar-refractivity contribution in [1.82, 2.24) is 15.0 Å². The van der Waals surface area contributed by atoms with Crippen LogP contribution in [-0.4, -0.2) is 21.0 Å². The molecule has 0 atom stereocenters. The second-order valence-corrected chi connectivity index (χ2v) is 8.84. The molecule has 0 aliphatic heterocycles. The summed E-state index contributed by atoms with van der Waals surface area (Å²) in [6, 6.07) is 15.9.